The summed E-state index contributed by atoms with van der Waals surface area (Å²) in [6, 6.07) is 0. The first kappa shape index (κ1) is 15.9. The summed E-state index contributed by atoms with van der Waals surface area (Å²) < 4.78 is 7.17. The van der Waals surface area contributed by atoms with Crippen LogP contribution in [0.3, 0.4) is 0 Å². The molecule has 2 fully saturated rings. The minimum Gasteiger partial charge on any atom is -0.379 e. The van der Waals surface area contributed by atoms with Crippen LogP contribution in [0.15, 0.2) is 0 Å². The van der Waals surface area contributed by atoms with Gasteiger partial charge in [-0.3, -0.25) is 9.69 Å². The number of nitrogens with one attached hydrogen (secondary N) is 1. The predicted molar refractivity (Wildman–Crippen MR) is 89.2 cm³/mol. The molecule has 0 radical (unpaired) electrons. The summed E-state index contributed by atoms with van der Waals surface area (Å²) in [4.78, 5) is 15.1. The normalized spacial score (nSPS) is 19.0. The predicted octanol–water partition coefficient (Wildman–Crippen LogP) is 0.444. The van der Waals surface area contributed by atoms with Gasteiger partial charge in [-0.1, -0.05) is 11.3 Å². The van der Waals surface area contributed by atoms with Crippen LogP contribution in [0.2, 0.25) is 0 Å². The average molecular weight is 350 g/mol. The minimum atomic E-state index is 0.0802. The summed E-state index contributed by atoms with van der Waals surface area (Å²) in [5, 5.41) is 16.9. The van der Waals surface area contributed by atoms with E-state index >= 15 is 0 Å². The van der Waals surface area contributed by atoms with Crippen LogP contribution in [0.25, 0.3) is 4.96 Å². The van der Waals surface area contributed by atoms with E-state index in [4.69, 9.17) is 4.74 Å². The van der Waals surface area contributed by atoms with Crippen molar-refractivity contribution in [3.05, 3.63) is 10.8 Å². The molecule has 4 rings (SSSR count). The van der Waals surface area contributed by atoms with Crippen LogP contribution >= 0.6 is 11.3 Å². The smallest absolute Gasteiger partial charge is 0.234 e. The number of rotatable bonds is 7. The Labute approximate surface area is 144 Å². The van der Waals surface area contributed by atoms with Gasteiger partial charge in [0.15, 0.2) is 5.82 Å². The van der Waals surface area contributed by atoms with Crippen LogP contribution < -0.4 is 5.32 Å². The molecule has 1 aliphatic carbocycles. The van der Waals surface area contributed by atoms with E-state index < -0.39 is 0 Å². The Balaban J connectivity index is 1.22. The molecule has 1 N–H and O–H groups in total. The third kappa shape index (κ3) is 3.73. The van der Waals surface area contributed by atoms with Crippen LogP contribution in [0.1, 0.15) is 36.0 Å². The van der Waals surface area contributed by atoms with Gasteiger partial charge in [-0.15, -0.1) is 10.2 Å². The van der Waals surface area contributed by atoms with Crippen molar-refractivity contribution in [1.82, 2.24) is 30.0 Å². The molecule has 1 amide bonds. The molecule has 130 valence electrons. The Kier molecular flexibility index (Phi) is 4.72. The largest absolute Gasteiger partial charge is 0.379 e. The van der Waals surface area contributed by atoms with Crippen molar-refractivity contribution >= 4 is 22.2 Å². The summed E-state index contributed by atoms with van der Waals surface area (Å²) >= 11 is 1.53. The second-order valence-corrected chi connectivity index (χ2v) is 7.37. The number of hydrogen-bond donors (Lipinski definition) is 1. The number of aryl methyl sites for hydroxylation is 1. The molecule has 2 aliphatic rings. The van der Waals surface area contributed by atoms with E-state index in [-0.39, 0.29) is 5.91 Å². The van der Waals surface area contributed by atoms with E-state index in [2.05, 4.69) is 25.5 Å². The monoisotopic (exact) mass is 350 g/mol. The molecule has 24 heavy (non-hydrogen) atoms. The number of amides is 1. The molecule has 2 aromatic heterocycles. The van der Waals surface area contributed by atoms with Gasteiger partial charge < -0.3 is 10.1 Å². The second kappa shape index (κ2) is 7.12. The average Bonchev–Trinajstić information content (AvgIpc) is 3.23. The molecule has 2 aromatic rings. The third-order valence-electron chi connectivity index (χ3n) is 4.42. The first-order valence-electron chi connectivity index (χ1n) is 8.57. The van der Waals surface area contributed by atoms with Crippen LogP contribution in [-0.4, -0.2) is 70.0 Å². The van der Waals surface area contributed by atoms with Crippen LogP contribution in [0, 0.1) is 0 Å². The number of nitrogens with zero attached hydrogens (tertiary/aromatic N) is 5. The van der Waals surface area contributed by atoms with E-state index in [0.29, 0.717) is 25.3 Å². The number of carbonyl (C=O) groups is 1. The lowest BCUT2D eigenvalue weighted by molar-refractivity contribution is -0.121. The molecule has 0 unspecified atom stereocenters. The number of aromatic nitrogens is 4. The topological polar surface area (TPSA) is 84.7 Å². The Bertz CT molecular complexity index is 704. The molecule has 1 saturated heterocycles. The van der Waals surface area contributed by atoms with E-state index in [0.717, 1.165) is 48.6 Å². The lowest BCUT2D eigenvalue weighted by Gasteiger charge is -2.26. The molecule has 1 aliphatic heterocycles. The van der Waals surface area contributed by atoms with Gasteiger partial charge >= 0.3 is 0 Å². The van der Waals surface area contributed by atoms with Crippen molar-refractivity contribution in [2.24, 2.45) is 0 Å². The van der Waals surface area contributed by atoms with E-state index in [1.54, 1.807) is 0 Å². The van der Waals surface area contributed by atoms with Gasteiger partial charge in [-0.25, -0.2) is 0 Å². The molecule has 0 aromatic carbocycles. The second-order valence-electron chi connectivity index (χ2n) is 6.33. The summed E-state index contributed by atoms with van der Waals surface area (Å²) in [5.41, 5.74) is 0. The number of morpholine rings is 1. The zero-order chi connectivity index (χ0) is 16.4. The lowest BCUT2D eigenvalue weighted by Crippen LogP contribution is -2.41. The summed E-state index contributed by atoms with van der Waals surface area (Å²) in [5.74, 6) is 1.58. The van der Waals surface area contributed by atoms with Crippen molar-refractivity contribution in [2.75, 3.05) is 39.4 Å². The van der Waals surface area contributed by atoms with Crippen molar-refractivity contribution in [2.45, 2.75) is 31.6 Å². The summed E-state index contributed by atoms with van der Waals surface area (Å²) in [7, 11) is 0. The molecular weight excluding hydrogens is 328 g/mol. The number of fused-ring (bicyclic) bond motifs is 1. The molecule has 0 spiro atoms. The van der Waals surface area contributed by atoms with E-state index in [9.17, 15) is 4.79 Å². The summed E-state index contributed by atoms with van der Waals surface area (Å²) in [6.07, 6.45) is 3.48. The number of ether oxygens (including phenoxy) is 1. The fourth-order valence-corrected chi connectivity index (χ4v) is 3.70. The molecule has 1 saturated carbocycles. The zero-order valence-electron chi connectivity index (χ0n) is 13.6. The maximum absolute atomic E-state index is 12.0. The van der Waals surface area contributed by atoms with Crippen molar-refractivity contribution < 1.29 is 9.53 Å². The standard InChI is InChI=1S/C15H22N6O2S/c22-12(16-5-6-20-7-9-23-10-8-20)3-4-13-19-21-14(11-1-2-11)17-18-15(21)24-13/h11H,1-10H2,(H,16,22). The highest BCUT2D eigenvalue weighted by atomic mass is 32.1. The highest BCUT2D eigenvalue weighted by molar-refractivity contribution is 7.16. The quantitative estimate of drug-likeness (QED) is 0.780. The van der Waals surface area contributed by atoms with Crippen molar-refractivity contribution in [3.8, 4) is 0 Å². The lowest BCUT2D eigenvalue weighted by atomic mass is 10.3. The fraction of sp³-hybridized carbons (Fsp3) is 0.733. The molecule has 3 heterocycles. The zero-order valence-corrected chi connectivity index (χ0v) is 14.4. The van der Waals surface area contributed by atoms with Gasteiger partial charge in [-0.05, 0) is 12.8 Å². The van der Waals surface area contributed by atoms with Gasteiger partial charge in [0.25, 0.3) is 0 Å². The molecule has 0 bridgehead atoms. The SMILES string of the molecule is O=C(CCc1nn2c(C3CC3)nnc2s1)NCCN1CCOCC1. The molecule has 0 atom stereocenters. The first-order valence-corrected chi connectivity index (χ1v) is 9.39. The van der Waals surface area contributed by atoms with Gasteiger partial charge in [0.05, 0.1) is 13.2 Å². The summed E-state index contributed by atoms with van der Waals surface area (Å²) in [6.45, 7) is 5.06. The Morgan fingerprint density at radius 3 is 2.92 bits per heavy atom. The Hall–Kier alpha value is -1.58. The van der Waals surface area contributed by atoms with Gasteiger partial charge in [-0.2, -0.15) is 9.61 Å². The van der Waals surface area contributed by atoms with Crippen LogP contribution in [-0.2, 0) is 16.0 Å². The number of carbonyl (C=O) groups excluding carboxylic acids is 1. The maximum atomic E-state index is 12.0. The maximum Gasteiger partial charge on any atom is 0.234 e. The Morgan fingerprint density at radius 2 is 2.12 bits per heavy atom. The van der Waals surface area contributed by atoms with E-state index in [1.165, 1.54) is 24.2 Å². The van der Waals surface area contributed by atoms with Gasteiger partial charge in [0, 0.05) is 44.9 Å². The van der Waals surface area contributed by atoms with Crippen molar-refractivity contribution in [1.29, 1.82) is 0 Å². The minimum absolute atomic E-state index is 0.0802. The third-order valence-corrected chi connectivity index (χ3v) is 5.38. The highest BCUT2D eigenvalue weighted by Gasteiger charge is 2.30. The molecule has 9 heteroatoms. The van der Waals surface area contributed by atoms with Crippen molar-refractivity contribution in [3.63, 3.8) is 0 Å². The first-order chi connectivity index (χ1) is 11.8. The van der Waals surface area contributed by atoms with Crippen LogP contribution in [0.4, 0.5) is 0 Å². The number of hydrogen-bond acceptors (Lipinski definition) is 7. The molecule has 8 nitrogen and oxygen atoms in total. The van der Waals surface area contributed by atoms with Crippen LogP contribution in [0.5, 0.6) is 0 Å². The highest BCUT2D eigenvalue weighted by Crippen LogP contribution is 2.39. The fourth-order valence-electron chi connectivity index (χ4n) is 2.86. The Morgan fingerprint density at radius 1 is 1.29 bits per heavy atom. The van der Waals surface area contributed by atoms with Gasteiger partial charge in [0.1, 0.15) is 5.01 Å². The molecular formula is C15H22N6O2S. The van der Waals surface area contributed by atoms with E-state index in [1.807, 2.05) is 4.52 Å². The van der Waals surface area contributed by atoms with Gasteiger partial charge in [0.2, 0.25) is 10.9 Å².